The van der Waals surface area contributed by atoms with Crippen LogP contribution < -0.4 is 5.73 Å². The first kappa shape index (κ1) is 17.5. The summed E-state index contributed by atoms with van der Waals surface area (Å²) in [5.41, 5.74) is 4.42. The highest BCUT2D eigenvalue weighted by Gasteiger charge is 2.32. The second-order valence-electron chi connectivity index (χ2n) is 5.46. The van der Waals surface area contributed by atoms with E-state index in [4.69, 9.17) is 5.73 Å². The minimum Gasteiger partial charge on any atom is -0.366 e. The van der Waals surface area contributed by atoms with Gasteiger partial charge in [0.1, 0.15) is 12.2 Å². The second-order valence-corrected chi connectivity index (χ2v) is 5.46. The van der Waals surface area contributed by atoms with Gasteiger partial charge in [-0.1, -0.05) is 13.0 Å². The molecular weight excluding hydrogens is 349 g/mol. The summed E-state index contributed by atoms with van der Waals surface area (Å²) < 4.78 is 40.1. The summed E-state index contributed by atoms with van der Waals surface area (Å²) >= 11 is 0. The van der Waals surface area contributed by atoms with Crippen LogP contribution >= 0.6 is 0 Å². The Morgan fingerprint density at radius 3 is 2.50 bits per heavy atom. The minimum atomic E-state index is -4.58. The van der Waals surface area contributed by atoms with Gasteiger partial charge in [0, 0.05) is 23.9 Å². The molecule has 0 fully saturated rings. The van der Waals surface area contributed by atoms with E-state index in [1.165, 1.54) is 29.5 Å². The summed E-state index contributed by atoms with van der Waals surface area (Å²) in [5.74, 6) is -0.927. The molecule has 0 aliphatic heterocycles. The van der Waals surface area contributed by atoms with Crippen molar-refractivity contribution in [3.8, 4) is 5.95 Å². The molecule has 2 heterocycles. The number of hydrogen-bond donors (Lipinski definition) is 1. The summed E-state index contributed by atoms with van der Waals surface area (Å²) in [6.45, 7) is 1.68. The number of amides is 1. The zero-order chi connectivity index (χ0) is 18.9. The first-order valence-electron chi connectivity index (χ1n) is 7.47. The van der Waals surface area contributed by atoms with Gasteiger partial charge in [0.15, 0.2) is 0 Å². The van der Waals surface area contributed by atoms with Gasteiger partial charge in [0.2, 0.25) is 5.91 Å². The number of carbonyl (C=O) groups is 1. The van der Waals surface area contributed by atoms with E-state index in [-0.39, 0.29) is 11.5 Å². The van der Waals surface area contributed by atoms with E-state index in [0.29, 0.717) is 11.4 Å². The third kappa shape index (κ3) is 3.25. The predicted molar refractivity (Wildman–Crippen MR) is 84.4 cm³/mol. The molecule has 0 saturated heterocycles. The van der Waals surface area contributed by atoms with Crippen molar-refractivity contribution < 1.29 is 18.0 Å². The largest absolute Gasteiger partial charge is 0.416 e. The maximum atomic E-state index is 12.9. The Hall–Kier alpha value is -3.30. The number of hydrogen-bond acceptors (Lipinski definition) is 5. The molecule has 0 bridgehead atoms. The average molecular weight is 362 g/mol. The zero-order valence-corrected chi connectivity index (χ0v) is 13.5. The molecule has 0 aliphatic carbocycles. The fraction of sp³-hybridized carbons (Fsp3) is 0.188. The molecular formula is C16H13F3N6O. The standard InChI is InChI=1S/C16H13F3N6O/c1-9(14-23-8-24-25(14)15-21-5-2-6-22-15)11-4-3-10(16(17,18)19)7-12(11)13(20)26/h2-9H,1H3,(H2,20,26). The lowest BCUT2D eigenvalue weighted by Gasteiger charge is -2.17. The van der Waals surface area contributed by atoms with Crippen LogP contribution in [0.4, 0.5) is 13.2 Å². The molecule has 1 aromatic carbocycles. The van der Waals surface area contributed by atoms with Crippen molar-refractivity contribution in [1.29, 1.82) is 0 Å². The third-order valence-electron chi connectivity index (χ3n) is 3.82. The van der Waals surface area contributed by atoms with Crippen LogP contribution in [0.25, 0.3) is 5.95 Å². The molecule has 134 valence electrons. The van der Waals surface area contributed by atoms with Crippen molar-refractivity contribution in [2.45, 2.75) is 19.0 Å². The van der Waals surface area contributed by atoms with Crippen LogP contribution in [-0.4, -0.2) is 30.6 Å². The number of alkyl halides is 3. The molecule has 0 saturated carbocycles. The molecule has 0 aliphatic rings. The van der Waals surface area contributed by atoms with E-state index in [1.807, 2.05) is 0 Å². The van der Waals surface area contributed by atoms with Crippen LogP contribution in [0.5, 0.6) is 0 Å². The number of nitrogens with two attached hydrogens (primary N) is 1. The number of halogens is 3. The monoisotopic (exact) mass is 362 g/mol. The number of nitrogens with zero attached hydrogens (tertiary/aromatic N) is 5. The molecule has 7 nitrogen and oxygen atoms in total. The van der Waals surface area contributed by atoms with Gasteiger partial charge in [-0.25, -0.2) is 15.0 Å². The maximum Gasteiger partial charge on any atom is 0.416 e. The Kier molecular flexibility index (Phi) is 4.41. The van der Waals surface area contributed by atoms with Gasteiger partial charge >= 0.3 is 6.18 Å². The summed E-state index contributed by atoms with van der Waals surface area (Å²) in [7, 11) is 0. The van der Waals surface area contributed by atoms with Crippen LogP contribution in [-0.2, 0) is 6.18 Å². The summed E-state index contributed by atoms with van der Waals surface area (Å²) in [6, 6.07) is 4.49. The first-order chi connectivity index (χ1) is 12.3. The molecule has 3 aromatic rings. The van der Waals surface area contributed by atoms with Gasteiger partial charge < -0.3 is 5.73 Å². The van der Waals surface area contributed by atoms with E-state index in [1.54, 1.807) is 13.0 Å². The second kappa shape index (κ2) is 6.54. The van der Waals surface area contributed by atoms with Crippen molar-refractivity contribution >= 4 is 5.91 Å². The van der Waals surface area contributed by atoms with E-state index in [9.17, 15) is 18.0 Å². The van der Waals surface area contributed by atoms with Crippen molar-refractivity contribution in [3.63, 3.8) is 0 Å². The number of benzene rings is 1. The Morgan fingerprint density at radius 1 is 1.19 bits per heavy atom. The summed E-state index contributed by atoms with van der Waals surface area (Å²) in [4.78, 5) is 24.0. The van der Waals surface area contributed by atoms with Gasteiger partial charge in [0.25, 0.3) is 5.95 Å². The Labute approximate surface area is 145 Å². The molecule has 2 N–H and O–H groups in total. The first-order valence-corrected chi connectivity index (χ1v) is 7.47. The van der Waals surface area contributed by atoms with Crippen molar-refractivity contribution in [1.82, 2.24) is 24.7 Å². The third-order valence-corrected chi connectivity index (χ3v) is 3.82. The predicted octanol–water partition coefficient (Wildman–Crippen LogP) is 2.33. The smallest absolute Gasteiger partial charge is 0.366 e. The summed E-state index contributed by atoms with van der Waals surface area (Å²) in [5, 5.41) is 4.05. The average Bonchev–Trinajstić information content (AvgIpc) is 3.10. The molecule has 26 heavy (non-hydrogen) atoms. The van der Waals surface area contributed by atoms with Gasteiger partial charge in [-0.3, -0.25) is 4.79 Å². The van der Waals surface area contributed by atoms with Gasteiger partial charge in [0.05, 0.1) is 5.56 Å². The number of carbonyl (C=O) groups excluding carboxylic acids is 1. The molecule has 2 aromatic heterocycles. The number of aromatic nitrogens is 5. The van der Waals surface area contributed by atoms with E-state index < -0.39 is 23.6 Å². The maximum absolute atomic E-state index is 12.9. The van der Waals surface area contributed by atoms with Crippen LogP contribution in [0, 0.1) is 0 Å². The lowest BCUT2D eigenvalue weighted by atomic mass is 9.92. The quantitative estimate of drug-likeness (QED) is 0.768. The fourth-order valence-electron chi connectivity index (χ4n) is 2.56. The molecule has 1 amide bonds. The van der Waals surface area contributed by atoms with Gasteiger partial charge in [-0.15, -0.1) is 0 Å². The topological polar surface area (TPSA) is 99.6 Å². The Morgan fingerprint density at radius 2 is 1.88 bits per heavy atom. The Bertz CT molecular complexity index is 939. The SMILES string of the molecule is CC(c1ccc(C(F)(F)F)cc1C(N)=O)c1ncnn1-c1ncccn1. The van der Waals surface area contributed by atoms with Gasteiger partial charge in [-0.2, -0.15) is 23.0 Å². The van der Waals surface area contributed by atoms with Crippen LogP contribution in [0.15, 0.2) is 43.0 Å². The molecule has 3 rings (SSSR count). The van der Waals surface area contributed by atoms with E-state index in [0.717, 1.165) is 12.1 Å². The van der Waals surface area contributed by atoms with E-state index in [2.05, 4.69) is 20.1 Å². The Balaban J connectivity index is 2.08. The number of rotatable bonds is 4. The lowest BCUT2D eigenvalue weighted by molar-refractivity contribution is -0.137. The molecule has 0 radical (unpaired) electrons. The van der Waals surface area contributed by atoms with Crippen LogP contribution in [0.3, 0.4) is 0 Å². The van der Waals surface area contributed by atoms with Gasteiger partial charge in [-0.05, 0) is 23.8 Å². The number of primary amides is 1. The molecule has 0 spiro atoms. The van der Waals surface area contributed by atoms with Crippen LogP contribution in [0.1, 0.15) is 40.2 Å². The fourth-order valence-corrected chi connectivity index (χ4v) is 2.56. The highest BCUT2D eigenvalue weighted by atomic mass is 19.4. The van der Waals surface area contributed by atoms with E-state index >= 15 is 0 Å². The normalized spacial score (nSPS) is 12.8. The highest BCUT2D eigenvalue weighted by molar-refractivity contribution is 5.94. The van der Waals surface area contributed by atoms with Crippen LogP contribution in [0.2, 0.25) is 0 Å². The molecule has 1 unspecified atom stereocenters. The lowest BCUT2D eigenvalue weighted by Crippen LogP contribution is -2.19. The minimum absolute atomic E-state index is 0.226. The highest BCUT2D eigenvalue weighted by Crippen LogP contribution is 2.33. The van der Waals surface area contributed by atoms with Crippen molar-refractivity contribution in [2.24, 2.45) is 5.73 Å². The molecule has 1 atom stereocenters. The zero-order valence-electron chi connectivity index (χ0n) is 13.5. The van der Waals surface area contributed by atoms with Crippen molar-refractivity contribution in [2.75, 3.05) is 0 Å². The summed E-state index contributed by atoms with van der Waals surface area (Å²) in [6.07, 6.45) is -0.267. The molecule has 10 heteroatoms. The van der Waals surface area contributed by atoms with Crippen molar-refractivity contribution in [3.05, 3.63) is 65.5 Å².